The van der Waals surface area contributed by atoms with Crippen LogP contribution < -0.4 is 15.4 Å². The molecule has 1 aliphatic rings. The fourth-order valence-corrected chi connectivity index (χ4v) is 4.23. The molecule has 2 rings (SSSR count). The summed E-state index contributed by atoms with van der Waals surface area (Å²) in [6.45, 7) is 3.29. The fraction of sp³-hybridized carbons (Fsp3) is 0.611. The third-order valence-electron chi connectivity index (χ3n) is 4.74. The molecule has 0 spiro atoms. The maximum Gasteiger partial charge on any atom is 0.251 e. The van der Waals surface area contributed by atoms with Crippen LogP contribution in [0.15, 0.2) is 29.2 Å². The standard InChI is InChI=1S/C18H29N3O5S.ClH/c1-25-11-10-21-27(23,24)16-5-3-4-15(12-16)17(22)20-13-18(14-26-2)6-8-19-9-7-18;/h3-5,12,19,21H,6-11,13-14H2,1-2H3,(H,20,22);1H. The van der Waals surface area contributed by atoms with Crippen LogP contribution in [0.2, 0.25) is 0 Å². The molecule has 28 heavy (non-hydrogen) atoms. The molecule has 0 bridgehead atoms. The minimum absolute atomic E-state index is 0. The van der Waals surface area contributed by atoms with Crippen molar-refractivity contribution in [3.8, 4) is 0 Å². The van der Waals surface area contributed by atoms with Crippen LogP contribution in [0.3, 0.4) is 0 Å². The fourth-order valence-electron chi connectivity index (χ4n) is 3.17. The van der Waals surface area contributed by atoms with Crippen LogP contribution >= 0.6 is 12.4 Å². The van der Waals surface area contributed by atoms with Crippen molar-refractivity contribution < 1.29 is 22.7 Å². The van der Waals surface area contributed by atoms with Crippen molar-refractivity contribution in [2.75, 3.05) is 53.6 Å². The topological polar surface area (TPSA) is 106 Å². The number of amides is 1. The van der Waals surface area contributed by atoms with Crippen molar-refractivity contribution in [1.82, 2.24) is 15.4 Å². The molecule has 1 fully saturated rings. The second-order valence-electron chi connectivity index (χ2n) is 6.78. The number of halogens is 1. The summed E-state index contributed by atoms with van der Waals surface area (Å²) in [7, 11) is -0.522. The number of piperidine rings is 1. The van der Waals surface area contributed by atoms with Gasteiger partial charge in [0.2, 0.25) is 10.0 Å². The largest absolute Gasteiger partial charge is 0.384 e. The number of sulfonamides is 1. The third kappa shape index (κ3) is 6.98. The number of carbonyl (C=O) groups is 1. The van der Waals surface area contributed by atoms with E-state index in [2.05, 4.69) is 15.4 Å². The molecular formula is C18H30ClN3O5S. The lowest BCUT2D eigenvalue weighted by molar-refractivity contribution is 0.0511. The summed E-state index contributed by atoms with van der Waals surface area (Å²) >= 11 is 0. The zero-order valence-electron chi connectivity index (χ0n) is 16.3. The molecule has 1 saturated heterocycles. The summed E-state index contributed by atoms with van der Waals surface area (Å²) in [6, 6.07) is 6.02. The van der Waals surface area contributed by atoms with Crippen molar-refractivity contribution >= 4 is 28.3 Å². The number of methoxy groups -OCH3 is 2. The second-order valence-corrected chi connectivity index (χ2v) is 8.55. The summed E-state index contributed by atoms with van der Waals surface area (Å²) in [6.07, 6.45) is 1.83. The van der Waals surface area contributed by atoms with Gasteiger partial charge in [-0.3, -0.25) is 4.79 Å². The molecule has 0 aliphatic carbocycles. The van der Waals surface area contributed by atoms with Crippen LogP contribution in [0, 0.1) is 5.41 Å². The number of hydrogen-bond acceptors (Lipinski definition) is 6. The first-order chi connectivity index (χ1) is 12.9. The third-order valence-corrected chi connectivity index (χ3v) is 6.20. The summed E-state index contributed by atoms with van der Waals surface area (Å²) in [5.41, 5.74) is 0.215. The first-order valence-electron chi connectivity index (χ1n) is 8.99. The molecule has 160 valence electrons. The van der Waals surface area contributed by atoms with Crippen LogP contribution in [0.4, 0.5) is 0 Å². The Morgan fingerprint density at radius 2 is 1.93 bits per heavy atom. The monoisotopic (exact) mass is 435 g/mol. The van der Waals surface area contributed by atoms with Gasteiger partial charge < -0.3 is 20.1 Å². The Kier molecular flexibility index (Phi) is 10.4. The average molecular weight is 436 g/mol. The molecular weight excluding hydrogens is 406 g/mol. The maximum atomic E-state index is 12.6. The zero-order valence-corrected chi connectivity index (χ0v) is 18.0. The van der Waals surface area contributed by atoms with Gasteiger partial charge in [0.15, 0.2) is 0 Å². The molecule has 8 nitrogen and oxygen atoms in total. The number of ether oxygens (including phenoxy) is 2. The van der Waals surface area contributed by atoms with Gasteiger partial charge in [0.05, 0.1) is 18.1 Å². The van der Waals surface area contributed by atoms with Gasteiger partial charge in [-0.25, -0.2) is 13.1 Å². The first kappa shape index (κ1) is 24.8. The normalized spacial score (nSPS) is 16.2. The predicted octanol–water partition coefficient (Wildman–Crippen LogP) is 0.779. The molecule has 1 aromatic rings. The van der Waals surface area contributed by atoms with E-state index in [4.69, 9.17) is 9.47 Å². The molecule has 0 unspecified atom stereocenters. The number of rotatable bonds is 10. The lowest BCUT2D eigenvalue weighted by Gasteiger charge is -2.37. The smallest absolute Gasteiger partial charge is 0.251 e. The Balaban J connectivity index is 0.00000392. The number of benzene rings is 1. The van der Waals surface area contributed by atoms with Gasteiger partial charge >= 0.3 is 0 Å². The lowest BCUT2D eigenvalue weighted by atomic mass is 9.79. The van der Waals surface area contributed by atoms with E-state index in [1.165, 1.54) is 19.2 Å². The van der Waals surface area contributed by atoms with E-state index in [9.17, 15) is 13.2 Å². The van der Waals surface area contributed by atoms with Crippen molar-refractivity contribution in [2.45, 2.75) is 17.7 Å². The minimum Gasteiger partial charge on any atom is -0.384 e. The van der Waals surface area contributed by atoms with Crippen LogP contribution in [-0.2, 0) is 19.5 Å². The highest BCUT2D eigenvalue weighted by atomic mass is 35.5. The molecule has 1 aromatic carbocycles. The van der Waals surface area contributed by atoms with Crippen molar-refractivity contribution in [3.05, 3.63) is 29.8 Å². The van der Waals surface area contributed by atoms with E-state index in [0.717, 1.165) is 25.9 Å². The highest BCUT2D eigenvalue weighted by Gasteiger charge is 2.32. The quantitative estimate of drug-likeness (QED) is 0.469. The SMILES string of the molecule is COCCNS(=O)(=O)c1cccc(C(=O)NCC2(COC)CCNCC2)c1.Cl. The Hall–Kier alpha value is -1.23. The van der Waals surface area contributed by atoms with Gasteiger partial charge in [-0.1, -0.05) is 6.07 Å². The molecule has 1 heterocycles. The van der Waals surface area contributed by atoms with Gasteiger partial charge in [-0.15, -0.1) is 12.4 Å². The summed E-state index contributed by atoms with van der Waals surface area (Å²) in [5.74, 6) is -0.294. The molecule has 1 aliphatic heterocycles. The Morgan fingerprint density at radius 1 is 1.21 bits per heavy atom. The predicted molar refractivity (Wildman–Crippen MR) is 110 cm³/mol. The van der Waals surface area contributed by atoms with Crippen LogP contribution in [0.1, 0.15) is 23.2 Å². The summed E-state index contributed by atoms with van der Waals surface area (Å²) in [4.78, 5) is 12.6. The molecule has 1 amide bonds. The van der Waals surface area contributed by atoms with E-state index in [0.29, 0.717) is 18.7 Å². The highest BCUT2D eigenvalue weighted by molar-refractivity contribution is 7.89. The van der Waals surface area contributed by atoms with E-state index in [-0.39, 0.29) is 41.8 Å². The molecule has 0 saturated carbocycles. The first-order valence-corrected chi connectivity index (χ1v) is 10.5. The molecule has 0 radical (unpaired) electrons. The van der Waals surface area contributed by atoms with Crippen LogP contribution in [-0.4, -0.2) is 67.9 Å². The van der Waals surface area contributed by atoms with Crippen LogP contribution in [0.5, 0.6) is 0 Å². The van der Waals surface area contributed by atoms with Gasteiger partial charge in [0.1, 0.15) is 0 Å². The van der Waals surface area contributed by atoms with E-state index in [1.54, 1.807) is 19.2 Å². The Bertz CT molecular complexity index is 718. The van der Waals surface area contributed by atoms with E-state index < -0.39 is 10.0 Å². The molecule has 0 atom stereocenters. The van der Waals surface area contributed by atoms with Crippen LogP contribution in [0.25, 0.3) is 0 Å². The van der Waals surface area contributed by atoms with Crippen molar-refractivity contribution in [2.24, 2.45) is 5.41 Å². The molecule has 3 N–H and O–H groups in total. The summed E-state index contributed by atoms with van der Waals surface area (Å²) < 4.78 is 37.2. The molecule has 10 heteroatoms. The lowest BCUT2D eigenvalue weighted by Crippen LogP contribution is -2.47. The van der Waals surface area contributed by atoms with E-state index in [1.807, 2.05) is 0 Å². The zero-order chi connectivity index (χ0) is 19.8. The average Bonchev–Trinajstić information content (AvgIpc) is 2.67. The van der Waals surface area contributed by atoms with Gasteiger partial charge in [0.25, 0.3) is 5.91 Å². The number of hydrogen-bond donors (Lipinski definition) is 3. The van der Waals surface area contributed by atoms with Gasteiger partial charge in [-0.05, 0) is 44.1 Å². The Labute approximate surface area is 173 Å². The Morgan fingerprint density at radius 3 is 2.57 bits per heavy atom. The van der Waals surface area contributed by atoms with E-state index >= 15 is 0 Å². The minimum atomic E-state index is -3.68. The number of carbonyl (C=O) groups excluding carboxylic acids is 1. The van der Waals surface area contributed by atoms with Crippen molar-refractivity contribution in [1.29, 1.82) is 0 Å². The highest BCUT2D eigenvalue weighted by Crippen LogP contribution is 2.28. The molecule has 0 aromatic heterocycles. The maximum absolute atomic E-state index is 12.6. The van der Waals surface area contributed by atoms with Gasteiger partial charge in [0, 0.05) is 38.3 Å². The van der Waals surface area contributed by atoms with Gasteiger partial charge in [-0.2, -0.15) is 0 Å². The number of nitrogens with one attached hydrogen (secondary N) is 3. The van der Waals surface area contributed by atoms with Crippen molar-refractivity contribution in [3.63, 3.8) is 0 Å². The second kappa shape index (κ2) is 11.7. The summed E-state index contributed by atoms with van der Waals surface area (Å²) in [5, 5.41) is 6.25.